The van der Waals surface area contributed by atoms with Crippen LogP contribution in [0.1, 0.15) is 85.0 Å². The molecule has 4 rings (SSSR count). The summed E-state index contributed by atoms with van der Waals surface area (Å²) in [4.78, 5) is 5.45. The van der Waals surface area contributed by atoms with Crippen molar-refractivity contribution in [3.05, 3.63) is 0 Å². The number of oxime groups is 1. The Hall–Kier alpha value is -1.38. The van der Waals surface area contributed by atoms with Gasteiger partial charge in [0, 0.05) is 24.2 Å². The van der Waals surface area contributed by atoms with E-state index in [9.17, 15) is 5.11 Å². The minimum absolute atomic E-state index is 0.136. The first-order chi connectivity index (χ1) is 16.1. The molecule has 0 aromatic heterocycles. The molecule has 4 aliphatic rings. The summed E-state index contributed by atoms with van der Waals surface area (Å²) in [5, 5.41) is 26.5. The third-order valence-electron chi connectivity index (χ3n) is 10.4. The number of nitrogens with one attached hydrogen (secondary N) is 2. The van der Waals surface area contributed by atoms with Crippen LogP contribution in [0, 0.1) is 39.9 Å². The van der Waals surface area contributed by atoms with Crippen LogP contribution in [0.3, 0.4) is 0 Å². The molecule has 1 unspecified atom stereocenters. The van der Waals surface area contributed by atoms with Gasteiger partial charge in [0.15, 0.2) is 12.2 Å². The lowest BCUT2D eigenvalue weighted by atomic mass is 9.43. The molecule has 0 aromatic rings. The fourth-order valence-corrected chi connectivity index (χ4v) is 8.40. The van der Waals surface area contributed by atoms with Crippen molar-refractivity contribution in [3.63, 3.8) is 0 Å². The quantitative estimate of drug-likeness (QED) is 0.119. The van der Waals surface area contributed by atoms with Crippen LogP contribution in [0.15, 0.2) is 5.16 Å². The zero-order valence-electron chi connectivity index (χ0n) is 21.4. The molecule has 34 heavy (non-hydrogen) atoms. The monoisotopic (exact) mass is 477 g/mol. The van der Waals surface area contributed by atoms with Crippen molar-refractivity contribution in [2.24, 2.45) is 51.1 Å². The predicted molar refractivity (Wildman–Crippen MR) is 134 cm³/mol. The number of hydrogen-bond donors (Lipinski definition) is 5. The summed E-state index contributed by atoms with van der Waals surface area (Å²) in [6.45, 7) is 8.04. The molecule has 0 bridgehead atoms. The van der Waals surface area contributed by atoms with E-state index in [0.29, 0.717) is 35.8 Å². The fourth-order valence-electron chi connectivity index (χ4n) is 8.40. The number of nitrogens with zero attached hydrogens (tertiary/aromatic N) is 1. The van der Waals surface area contributed by atoms with Crippen LogP contribution in [-0.2, 0) is 9.57 Å². The van der Waals surface area contributed by atoms with E-state index in [2.05, 4.69) is 24.3 Å². The Bertz CT molecular complexity index is 765. The number of ether oxygens (including phenoxy) is 1. The Morgan fingerprint density at radius 2 is 1.97 bits per heavy atom. The van der Waals surface area contributed by atoms with E-state index in [4.69, 9.17) is 26.5 Å². The topological polar surface area (TPSA) is 139 Å². The second kappa shape index (κ2) is 9.94. The maximum Gasteiger partial charge on any atom is 0.197 e. The van der Waals surface area contributed by atoms with Crippen molar-refractivity contribution in [2.75, 3.05) is 13.2 Å². The first-order valence-electron chi connectivity index (χ1n) is 13.5. The molecule has 194 valence electrons. The molecule has 4 fully saturated rings. The van der Waals surface area contributed by atoms with Crippen molar-refractivity contribution in [3.8, 4) is 0 Å². The van der Waals surface area contributed by atoms with Crippen LogP contribution in [0.4, 0.5) is 0 Å². The second-order valence-corrected chi connectivity index (χ2v) is 12.0. The fraction of sp³-hybridized carbons (Fsp3) is 0.923. The molecule has 4 saturated carbocycles. The summed E-state index contributed by atoms with van der Waals surface area (Å²) < 4.78 is 6.17. The van der Waals surface area contributed by atoms with Crippen LogP contribution < -0.4 is 16.8 Å². The summed E-state index contributed by atoms with van der Waals surface area (Å²) in [6.07, 6.45) is 12.6. The van der Waals surface area contributed by atoms with Crippen LogP contribution in [0.5, 0.6) is 0 Å². The standard InChI is InChI=1S/C26H47N5O3/c1-17(31-23(28)29)34-30-16-19-7-12-26(32)22-6-5-18-15-20(33-14-4-13-27)8-10-24(18,2)21(22)9-11-25(19,26)3/h16-22,32H,4-15,27H2,1-3H3,(H4,28,29,31)/b30-16+/t17?,18-,19-,20+,21+,22-,24+,25-,26+/m1/s1. The first-order valence-corrected chi connectivity index (χ1v) is 13.5. The number of aliphatic hydroxyl groups is 1. The third kappa shape index (κ3) is 4.46. The highest BCUT2D eigenvalue weighted by atomic mass is 16.6. The maximum absolute atomic E-state index is 12.3. The summed E-state index contributed by atoms with van der Waals surface area (Å²) >= 11 is 0. The Morgan fingerprint density at radius 3 is 2.71 bits per heavy atom. The van der Waals surface area contributed by atoms with E-state index >= 15 is 0 Å². The van der Waals surface area contributed by atoms with Crippen molar-refractivity contribution >= 4 is 12.2 Å². The smallest absolute Gasteiger partial charge is 0.197 e. The van der Waals surface area contributed by atoms with E-state index < -0.39 is 11.8 Å². The number of fused-ring (bicyclic) bond motifs is 5. The Morgan fingerprint density at radius 1 is 1.18 bits per heavy atom. The van der Waals surface area contributed by atoms with Gasteiger partial charge in [-0.25, -0.2) is 0 Å². The van der Waals surface area contributed by atoms with E-state index in [1.807, 2.05) is 6.21 Å². The molecular weight excluding hydrogens is 430 g/mol. The second-order valence-electron chi connectivity index (χ2n) is 12.0. The molecule has 0 radical (unpaired) electrons. The number of guanidine groups is 1. The number of rotatable bonds is 8. The molecule has 4 aliphatic carbocycles. The summed E-state index contributed by atoms with van der Waals surface area (Å²) in [7, 11) is 0. The highest BCUT2D eigenvalue weighted by Gasteiger charge is 2.67. The lowest BCUT2D eigenvalue weighted by molar-refractivity contribution is -0.208. The van der Waals surface area contributed by atoms with Crippen molar-refractivity contribution in [2.45, 2.75) is 103 Å². The summed E-state index contributed by atoms with van der Waals surface area (Å²) in [5.41, 5.74) is 10.5. The van der Waals surface area contributed by atoms with Gasteiger partial charge in [-0.05, 0) is 101 Å². The first kappa shape index (κ1) is 25.7. The molecule has 8 heteroatoms. The normalized spacial score (nSPS) is 44.7. The Kier molecular flexibility index (Phi) is 7.51. The zero-order valence-corrected chi connectivity index (χ0v) is 21.4. The van der Waals surface area contributed by atoms with Crippen molar-refractivity contribution in [1.29, 1.82) is 5.41 Å². The third-order valence-corrected chi connectivity index (χ3v) is 10.4. The van der Waals surface area contributed by atoms with Gasteiger partial charge in [0.05, 0.1) is 11.7 Å². The molecule has 9 atom stereocenters. The molecule has 0 heterocycles. The van der Waals surface area contributed by atoms with Crippen LogP contribution in [0.2, 0.25) is 0 Å². The Labute approximate surface area is 205 Å². The number of hydrogen-bond acceptors (Lipinski definition) is 6. The molecular formula is C26H47N5O3. The highest BCUT2D eigenvalue weighted by molar-refractivity contribution is 5.74. The van der Waals surface area contributed by atoms with Gasteiger partial charge < -0.3 is 31.5 Å². The molecule has 8 nitrogen and oxygen atoms in total. The summed E-state index contributed by atoms with van der Waals surface area (Å²) in [6, 6.07) is 0. The highest BCUT2D eigenvalue weighted by Crippen LogP contribution is 2.68. The largest absolute Gasteiger partial charge is 0.389 e. The predicted octanol–water partition coefficient (Wildman–Crippen LogP) is 3.33. The number of nitrogens with two attached hydrogens (primary N) is 2. The maximum atomic E-state index is 12.3. The minimum Gasteiger partial charge on any atom is -0.389 e. The minimum atomic E-state index is -0.641. The van der Waals surface area contributed by atoms with Gasteiger partial charge in [-0.3, -0.25) is 5.41 Å². The van der Waals surface area contributed by atoms with E-state index in [1.54, 1.807) is 6.92 Å². The molecule has 0 aliphatic heterocycles. The van der Waals surface area contributed by atoms with E-state index in [-0.39, 0.29) is 17.3 Å². The molecule has 0 amide bonds. The Balaban J connectivity index is 1.43. The van der Waals surface area contributed by atoms with Crippen LogP contribution >= 0.6 is 0 Å². The van der Waals surface area contributed by atoms with Crippen LogP contribution in [-0.4, -0.2) is 48.4 Å². The van der Waals surface area contributed by atoms with Crippen molar-refractivity contribution < 1.29 is 14.7 Å². The molecule has 0 saturated heterocycles. The van der Waals surface area contributed by atoms with Crippen molar-refractivity contribution in [1.82, 2.24) is 5.32 Å². The lowest BCUT2D eigenvalue weighted by Crippen LogP contribution is -2.62. The zero-order chi connectivity index (χ0) is 24.6. The van der Waals surface area contributed by atoms with Gasteiger partial charge in [0.2, 0.25) is 0 Å². The lowest BCUT2D eigenvalue weighted by Gasteiger charge is -2.63. The summed E-state index contributed by atoms with van der Waals surface area (Å²) in [5.74, 6) is 1.70. The average Bonchev–Trinajstić information content (AvgIpc) is 3.04. The van der Waals surface area contributed by atoms with Gasteiger partial charge >= 0.3 is 0 Å². The van der Waals surface area contributed by atoms with E-state index in [0.717, 1.165) is 45.1 Å². The van der Waals surface area contributed by atoms with E-state index in [1.165, 1.54) is 25.7 Å². The van der Waals surface area contributed by atoms with Gasteiger partial charge in [-0.2, -0.15) is 0 Å². The molecule has 7 N–H and O–H groups in total. The average molecular weight is 478 g/mol. The molecule has 0 spiro atoms. The van der Waals surface area contributed by atoms with Gasteiger partial charge in [0.25, 0.3) is 0 Å². The van der Waals surface area contributed by atoms with Gasteiger partial charge in [-0.1, -0.05) is 19.0 Å². The van der Waals surface area contributed by atoms with Gasteiger partial charge in [0.1, 0.15) is 0 Å². The SMILES string of the molecule is CC(NC(=N)N)O/N=C/[C@H]1CC[C@]2(O)[C@@H]3CC[C@@H]4C[C@@H](OCCCN)CC[C@]4(C)[C@H]3CC[C@]12C. The van der Waals surface area contributed by atoms with Crippen LogP contribution in [0.25, 0.3) is 0 Å². The molecule has 0 aromatic carbocycles. The van der Waals surface area contributed by atoms with Gasteiger partial charge in [-0.15, -0.1) is 0 Å².